The lowest BCUT2D eigenvalue weighted by Gasteiger charge is -2.01. The summed E-state index contributed by atoms with van der Waals surface area (Å²) in [4.78, 5) is 4.38. The summed E-state index contributed by atoms with van der Waals surface area (Å²) in [7, 11) is 0. The van der Waals surface area contributed by atoms with Crippen LogP contribution in [-0.4, -0.2) is 10.1 Å². The Labute approximate surface area is 70.4 Å². The molecular formula is C9H10N2O. The molecule has 0 atom stereocenters. The quantitative estimate of drug-likeness (QED) is 0.646. The van der Waals surface area contributed by atoms with Crippen molar-refractivity contribution in [2.24, 2.45) is 0 Å². The van der Waals surface area contributed by atoms with Crippen LogP contribution in [0.3, 0.4) is 0 Å². The van der Waals surface area contributed by atoms with Crippen LogP contribution in [0.1, 0.15) is 25.5 Å². The van der Waals surface area contributed by atoms with Crippen LogP contribution >= 0.6 is 0 Å². The number of pyridine rings is 1. The van der Waals surface area contributed by atoms with Crippen LogP contribution in [0.2, 0.25) is 0 Å². The van der Waals surface area contributed by atoms with Crippen molar-refractivity contribution in [1.29, 1.82) is 0 Å². The van der Waals surface area contributed by atoms with Gasteiger partial charge in [0.05, 0.1) is 6.20 Å². The molecular weight excluding hydrogens is 152 g/mol. The summed E-state index contributed by atoms with van der Waals surface area (Å²) < 4.78 is 4.94. The topological polar surface area (TPSA) is 38.9 Å². The Morgan fingerprint density at radius 2 is 2.17 bits per heavy atom. The van der Waals surface area contributed by atoms with Gasteiger partial charge < -0.3 is 4.52 Å². The van der Waals surface area contributed by atoms with E-state index in [4.69, 9.17) is 4.52 Å². The summed E-state index contributed by atoms with van der Waals surface area (Å²) >= 11 is 0. The van der Waals surface area contributed by atoms with Crippen molar-refractivity contribution >= 4 is 11.1 Å². The fourth-order valence-electron chi connectivity index (χ4n) is 1.10. The molecule has 2 heterocycles. The Morgan fingerprint density at radius 1 is 1.33 bits per heavy atom. The van der Waals surface area contributed by atoms with E-state index >= 15 is 0 Å². The summed E-state index contributed by atoms with van der Waals surface area (Å²) in [6.45, 7) is 4.23. The van der Waals surface area contributed by atoms with Crippen molar-refractivity contribution < 1.29 is 4.52 Å². The molecule has 0 fully saturated rings. The Bertz CT molecular complexity index is 392. The number of nitrogens with zero attached hydrogens (tertiary/aromatic N) is 2. The smallest absolute Gasteiger partial charge is 0.185 e. The second kappa shape index (κ2) is 2.59. The number of rotatable bonds is 1. The van der Waals surface area contributed by atoms with Crippen molar-refractivity contribution in [3.8, 4) is 0 Å². The van der Waals surface area contributed by atoms with Crippen molar-refractivity contribution in [3.05, 3.63) is 24.0 Å². The monoisotopic (exact) mass is 162 g/mol. The highest BCUT2D eigenvalue weighted by Crippen LogP contribution is 2.16. The van der Waals surface area contributed by atoms with Gasteiger partial charge in [0.1, 0.15) is 5.52 Å². The molecule has 0 bridgehead atoms. The van der Waals surface area contributed by atoms with E-state index in [0.29, 0.717) is 5.92 Å². The summed E-state index contributed by atoms with van der Waals surface area (Å²) in [5.74, 6) is 0.448. The van der Waals surface area contributed by atoms with Gasteiger partial charge in [-0.1, -0.05) is 19.0 Å². The lowest BCUT2D eigenvalue weighted by atomic mass is 10.1. The Morgan fingerprint density at radius 3 is 2.92 bits per heavy atom. The molecule has 12 heavy (non-hydrogen) atoms. The van der Waals surface area contributed by atoms with Crippen LogP contribution in [0.15, 0.2) is 22.9 Å². The molecule has 62 valence electrons. The maximum atomic E-state index is 4.94. The van der Waals surface area contributed by atoms with Gasteiger partial charge in [-0.2, -0.15) is 0 Å². The van der Waals surface area contributed by atoms with Gasteiger partial charge in [-0.25, -0.2) is 4.98 Å². The third-order valence-electron chi connectivity index (χ3n) is 1.83. The van der Waals surface area contributed by atoms with E-state index in [1.54, 1.807) is 6.20 Å². The van der Waals surface area contributed by atoms with E-state index in [1.807, 2.05) is 12.1 Å². The van der Waals surface area contributed by atoms with Crippen LogP contribution in [0.4, 0.5) is 0 Å². The van der Waals surface area contributed by atoms with Gasteiger partial charge in [-0.05, 0) is 18.1 Å². The third-order valence-corrected chi connectivity index (χ3v) is 1.83. The summed E-state index contributed by atoms with van der Waals surface area (Å²) in [5.41, 5.74) is 2.66. The number of aromatic nitrogens is 2. The van der Waals surface area contributed by atoms with E-state index in [9.17, 15) is 0 Å². The molecule has 0 unspecified atom stereocenters. The maximum Gasteiger partial charge on any atom is 0.185 e. The summed E-state index contributed by atoms with van der Waals surface area (Å²) in [5, 5.41) is 3.66. The molecule has 2 rings (SSSR count). The Kier molecular flexibility index (Phi) is 1.57. The molecule has 2 aromatic heterocycles. The average molecular weight is 162 g/mol. The zero-order chi connectivity index (χ0) is 8.55. The van der Waals surface area contributed by atoms with Gasteiger partial charge >= 0.3 is 0 Å². The molecule has 0 saturated carbocycles. The molecule has 2 aromatic rings. The van der Waals surface area contributed by atoms with E-state index < -0.39 is 0 Å². The summed E-state index contributed by atoms with van der Waals surface area (Å²) in [6, 6.07) is 3.88. The minimum atomic E-state index is 0.448. The van der Waals surface area contributed by atoms with Gasteiger partial charge in [0, 0.05) is 5.69 Å². The van der Waals surface area contributed by atoms with Gasteiger partial charge in [0.25, 0.3) is 0 Å². The van der Waals surface area contributed by atoms with Gasteiger partial charge in [-0.3, -0.25) is 0 Å². The maximum absolute atomic E-state index is 4.94. The fraction of sp³-hybridized carbons (Fsp3) is 0.333. The Hall–Kier alpha value is -1.38. The van der Waals surface area contributed by atoms with E-state index in [0.717, 1.165) is 16.8 Å². The van der Waals surface area contributed by atoms with E-state index in [-0.39, 0.29) is 0 Å². The predicted octanol–water partition coefficient (Wildman–Crippen LogP) is 2.35. The lowest BCUT2D eigenvalue weighted by Crippen LogP contribution is -1.90. The number of hydrogen-bond acceptors (Lipinski definition) is 3. The minimum absolute atomic E-state index is 0.448. The molecule has 0 amide bonds. The highest BCUT2D eigenvalue weighted by Gasteiger charge is 2.03. The molecule has 0 saturated heterocycles. The first kappa shape index (κ1) is 7.28. The van der Waals surface area contributed by atoms with Crippen LogP contribution in [-0.2, 0) is 0 Å². The van der Waals surface area contributed by atoms with Gasteiger partial charge in [-0.15, -0.1) is 0 Å². The molecule has 0 aliphatic rings. The molecule has 3 heteroatoms. The zero-order valence-electron chi connectivity index (χ0n) is 7.11. The normalized spacial score (nSPS) is 11.2. The first-order valence-electron chi connectivity index (χ1n) is 3.98. The largest absolute Gasteiger partial charge is 0.355 e. The van der Waals surface area contributed by atoms with E-state index in [2.05, 4.69) is 24.0 Å². The zero-order valence-corrected chi connectivity index (χ0v) is 7.11. The average Bonchev–Trinajstić information content (AvgIpc) is 2.49. The van der Waals surface area contributed by atoms with Crippen molar-refractivity contribution in [3.63, 3.8) is 0 Å². The Balaban J connectivity index is 2.60. The third kappa shape index (κ3) is 1.07. The molecule has 0 aliphatic carbocycles. The number of hydrogen-bond donors (Lipinski definition) is 0. The lowest BCUT2D eigenvalue weighted by molar-refractivity contribution is 0.456. The van der Waals surface area contributed by atoms with Crippen LogP contribution in [0.5, 0.6) is 0 Å². The van der Waals surface area contributed by atoms with Gasteiger partial charge in [0.2, 0.25) is 0 Å². The molecule has 0 radical (unpaired) electrons. The SMILES string of the molecule is CC(C)c1ccc2oncc2n1. The second-order valence-electron chi connectivity index (χ2n) is 3.10. The van der Waals surface area contributed by atoms with Gasteiger partial charge in [0.15, 0.2) is 5.58 Å². The van der Waals surface area contributed by atoms with Crippen LogP contribution in [0, 0.1) is 0 Å². The first-order chi connectivity index (χ1) is 5.77. The summed E-state index contributed by atoms with van der Waals surface area (Å²) in [6.07, 6.45) is 1.64. The molecule has 3 nitrogen and oxygen atoms in total. The van der Waals surface area contributed by atoms with E-state index in [1.165, 1.54) is 0 Å². The molecule has 0 aliphatic heterocycles. The second-order valence-corrected chi connectivity index (χ2v) is 3.10. The van der Waals surface area contributed by atoms with Crippen molar-refractivity contribution in [2.75, 3.05) is 0 Å². The van der Waals surface area contributed by atoms with Crippen LogP contribution < -0.4 is 0 Å². The minimum Gasteiger partial charge on any atom is -0.355 e. The highest BCUT2D eigenvalue weighted by molar-refractivity contribution is 5.70. The highest BCUT2D eigenvalue weighted by atomic mass is 16.5. The van der Waals surface area contributed by atoms with Crippen LogP contribution in [0.25, 0.3) is 11.1 Å². The van der Waals surface area contributed by atoms with Crippen molar-refractivity contribution in [1.82, 2.24) is 10.1 Å². The fourth-order valence-corrected chi connectivity index (χ4v) is 1.10. The molecule has 0 N–H and O–H groups in total. The molecule has 0 spiro atoms. The predicted molar refractivity (Wildman–Crippen MR) is 45.9 cm³/mol. The number of fused-ring (bicyclic) bond motifs is 1. The van der Waals surface area contributed by atoms with Crippen molar-refractivity contribution in [2.45, 2.75) is 19.8 Å². The standard InChI is InChI=1S/C9H10N2O/c1-6(2)7-3-4-9-8(11-7)5-10-12-9/h3-6H,1-2H3. The molecule has 0 aromatic carbocycles. The first-order valence-corrected chi connectivity index (χ1v) is 3.98.